The number of rotatable bonds is 3. The Hall–Kier alpha value is -2.03. The van der Waals surface area contributed by atoms with Gasteiger partial charge in [0, 0.05) is 18.2 Å². The van der Waals surface area contributed by atoms with Crippen LogP contribution in [0, 0.1) is 28.8 Å². The molecule has 0 heterocycles. The van der Waals surface area contributed by atoms with Gasteiger partial charge in [-0.25, -0.2) is 13.2 Å². The van der Waals surface area contributed by atoms with Crippen LogP contribution in [0.2, 0.25) is 0 Å². The van der Waals surface area contributed by atoms with Crippen molar-refractivity contribution in [2.75, 3.05) is 6.54 Å². The van der Waals surface area contributed by atoms with Gasteiger partial charge in [0.25, 0.3) is 5.91 Å². The van der Waals surface area contributed by atoms with E-state index in [2.05, 4.69) is 0 Å². The van der Waals surface area contributed by atoms with E-state index < -0.39 is 35.0 Å². The molecule has 0 aromatic heterocycles. The first-order valence-electron chi connectivity index (χ1n) is 5.21. The van der Waals surface area contributed by atoms with Gasteiger partial charge in [0.2, 0.25) is 0 Å². The molecular weight excluding hydrogens is 245 g/mol. The second kappa shape index (κ2) is 5.54. The summed E-state index contributed by atoms with van der Waals surface area (Å²) in [6.45, 7) is 2.91. The molecule has 1 aromatic rings. The van der Waals surface area contributed by atoms with Crippen LogP contribution in [0.4, 0.5) is 13.2 Å². The molecule has 1 rings (SSSR count). The monoisotopic (exact) mass is 256 g/mol. The van der Waals surface area contributed by atoms with Crippen LogP contribution in [-0.4, -0.2) is 23.4 Å². The lowest BCUT2D eigenvalue weighted by Crippen LogP contribution is -2.38. The maximum atomic E-state index is 13.4. The maximum Gasteiger partial charge on any atom is 0.260 e. The summed E-state index contributed by atoms with van der Waals surface area (Å²) in [6.07, 6.45) is 0. The van der Waals surface area contributed by atoms with Crippen molar-refractivity contribution in [3.63, 3.8) is 0 Å². The molecule has 0 saturated heterocycles. The molecule has 0 aliphatic rings. The van der Waals surface area contributed by atoms with E-state index in [9.17, 15) is 18.0 Å². The quantitative estimate of drug-likeness (QED) is 0.780. The van der Waals surface area contributed by atoms with E-state index in [0.29, 0.717) is 12.1 Å². The molecule has 0 N–H and O–H groups in total. The molecule has 96 valence electrons. The van der Waals surface area contributed by atoms with Crippen LogP contribution in [0.25, 0.3) is 0 Å². The number of nitriles is 1. The van der Waals surface area contributed by atoms with E-state index in [1.54, 1.807) is 19.9 Å². The van der Waals surface area contributed by atoms with Gasteiger partial charge < -0.3 is 4.90 Å². The van der Waals surface area contributed by atoms with Crippen LogP contribution in [0.3, 0.4) is 0 Å². The number of carbonyl (C=O) groups is 1. The minimum absolute atomic E-state index is 0.299. The Bertz CT molecular complexity index is 486. The lowest BCUT2D eigenvalue weighted by Gasteiger charge is -2.24. The van der Waals surface area contributed by atoms with Crippen molar-refractivity contribution in [1.82, 2.24) is 4.90 Å². The zero-order valence-corrected chi connectivity index (χ0v) is 9.88. The molecule has 1 amide bonds. The van der Waals surface area contributed by atoms with Crippen LogP contribution >= 0.6 is 0 Å². The van der Waals surface area contributed by atoms with Crippen LogP contribution in [0.1, 0.15) is 24.2 Å². The SMILES string of the molecule is CC(C)N(CC#N)C(=O)c1c(F)cc(F)cc1F. The van der Waals surface area contributed by atoms with Gasteiger partial charge in [-0.1, -0.05) is 0 Å². The smallest absolute Gasteiger partial charge is 0.260 e. The van der Waals surface area contributed by atoms with Crippen molar-refractivity contribution in [3.8, 4) is 6.07 Å². The first-order valence-corrected chi connectivity index (χ1v) is 5.21. The van der Waals surface area contributed by atoms with Crippen molar-refractivity contribution in [2.45, 2.75) is 19.9 Å². The number of amides is 1. The number of nitrogens with zero attached hydrogens (tertiary/aromatic N) is 2. The molecule has 0 saturated carbocycles. The molecule has 0 radical (unpaired) electrons. The number of hydrogen-bond acceptors (Lipinski definition) is 2. The fourth-order valence-electron chi connectivity index (χ4n) is 1.46. The lowest BCUT2D eigenvalue weighted by molar-refractivity contribution is 0.0721. The van der Waals surface area contributed by atoms with Gasteiger partial charge in [-0.15, -0.1) is 0 Å². The Balaban J connectivity index is 3.22. The third-order valence-electron chi connectivity index (χ3n) is 2.35. The highest BCUT2D eigenvalue weighted by atomic mass is 19.1. The van der Waals surface area contributed by atoms with E-state index >= 15 is 0 Å². The van der Waals surface area contributed by atoms with Gasteiger partial charge in [0.15, 0.2) is 0 Å². The largest absolute Gasteiger partial charge is 0.323 e. The Kier molecular flexibility index (Phi) is 4.32. The van der Waals surface area contributed by atoms with Gasteiger partial charge >= 0.3 is 0 Å². The van der Waals surface area contributed by atoms with Crippen LogP contribution in [-0.2, 0) is 0 Å². The zero-order valence-electron chi connectivity index (χ0n) is 9.88. The van der Waals surface area contributed by atoms with E-state index in [0.717, 1.165) is 4.90 Å². The molecule has 0 atom stereocenters. The molecule has 0 bridgehead atoms. The Morgan fingerprint density at radius 1 is 1.33 bits per heavy atom. The highest BCUT2D eigenvalue weighted by molar-refractivity contribution is 5.95. The van der Waals surface area contributed by atoms with Crippen molar-refractivity contribution in [3.05, 3.63) is 35.1 Å². The first-order chi connectivity index (χ1) is 8.38. The minimum Gasteiger partial charge on any atom is -0.323 e. The third-order valence-corrected chi connectivity index (χ3v) is 2.35. The summed E-state index contributed by atoms with van der Waals surface area (Å²) in [6, 6.07) is 2.20. The van der Waals surface area contributed by atoms with Crippen molar-refractivity contribution >= 4 is 5.91 Å². The molecule has 1 aromatic carbocycles. The molecular formula is C12H11F3N2O. The van der Waals surface area contributed by atoms with E-state index in [1.807, 2.05) is 0 Å². The Labute approximate surface area is 102 Å². The van der Waals surface area contributed by atoms with Crippen LogP contribution < -0.4 is 0 Å². The van der Waals surface area contributed by atoms with Gasteiger partial charge in [-0.3, -0.25) is 4.79 Å². The number of carbonyl (C=O) groups excluding carboxylic acids is 1. The third kappa shape index (κ3) is 2.80. The molecule has 0 aliphatic heterocycles. The summed E-state index contributed by atoms with van der Waals surface area (Å²) < 4.78 is 39.6. The summed E-state index contributed by atoms with van der Waals surface area (Å²) in [5.74, 6) is -4.62. The van der Waals surface area contributed by atoms with E-state index in [-0.39, 0.29) is 6.54 Å². The Morgan fingerprint density at radius 2 is 1.83 bits per heavy atom. The highest BCUT2D eigenvalue weighted by Gasteiger charge is 2.25. The topological polar surface area (TPSA) is 44.1 Å². The number of hydrogen-bond donors (Lipinski definition) is 0. The van der Waals surface area contributed by atoms with Crippen molar-refractivity contribution in [2.24, 2.45) is 0 Å². The predicted octanol–water partition coefficient (Wildman–Crippen LogP) is 2.48. The predicted molar refractivity (Wildman–Crippen MR) is 58.1 cm³/mol. The molecule has 0 aliphatic carbocycles. The average molecular weight is 256 g/mol. The second-order valence-electron chi connectivity index (χ2n) is 3.93. The van der Waals surface area contributed by atoms with E-state index in [4.69, 9.17) is 5.26 Å². The van der Waals surface area contributed by atoms with Gasteiger partial charge in [0.05, 0.1) is 6.07 Å². The van der Waals surface area contributed by atoms with Crippen LogP contribution in [0.5, 0.6) is 0 Å². The summed E-state index contributed by atoms with van der Waals surface area (Å²) >= 11 is 0. The summed E-state index contributed by atoms with van der Waals surface area (Å²) in [7, 11) is 0. The lowest BCUT2D eigenvalue weighted by atomic mass is 10.1. The normalized spacial score (nSPS) is 10.3. The Morgan fingerprint density at radius 3 is 2.22 bits per heavy atom. The molecule has 3 nitrogen and oxygen atoms in total. The van der Waals surface area contributed by atoms with Gasteiger partial charge in [-0.2, -0.15) is 5.26 Å². The van der Waals surface area contributed by atoms with Crippen molar-refractivity contribution < 1.29 is 18.0 Å². The summed E-state index contributed by atoms with van der Waals surface area (Å²) in [5.41, 5.74) is -0.847. The zero-order chi connectivity index (χ0) is 13.9. The number of halogens is 3. The summed E-state index contributed by atoms with van der Waals surface area (Å²) in [5, 5.41) is 8.57. The molecule has 0 unspecified atom stereocenters. The second-order valence-corrected chi connectivity index (χ2v) is 3.93. The molecule has 0 fully saturated rings. The van der Waals surface area contributed by atoms with Crippen molar-refractivity contribution in [1.29, 1.82) is 5.26 Å². The van der Waals surface area contributed by atoms with Gasteiger partial charge in [0.1, 0.15) is 29.6 Å². The minimum atomic E-state index is -1.28. The molecule has 18 heavy (non-hydrogen) atoms. The van der Waals surface area contributed by atoms with Crippen LogP contribution in [0.15, 0.2) is 12.1 Å². The highest BCUT2D eigenvalue weighted by Crippen LogP contribution is 2.18. The summed E-state index contributed by atoms with van der Waals surface area (Å²) in [4.78, 5) is 12.9. The van der Waals surface area contributed by atoms with Gasteiger partial charge in [-0.05, 0) is 13.8 Å². The molecule has 6 heteroatoms. The fourth-order valence-corrected chi connectivity index (χ4v) is 1.46. The molecule has 0 spiro atoms. The maximum absolute atomic E-state index is 13.4. The van der Waals surface area contributed by atoms with E-state index in [1.165, 1.54) is 0 Å². The fraction of sp³-hybridized carbons (Fsp3) is 0.333. The number of benzene rings is 1. The standard InChI is InChI=1S/C12H11F3N2O/c1-7(2)17(4-3-16)12(18)11-9(14)5-8(13)6-10(11)15/h5-7H,4H2,1-2H3. The first kappa shape index (κ1) is 14.0. The average Bonchev–Trinajstić information content (AvgIpc) is 2.23.